The van der Waals surface area contributed by atoms with E-state index in [1.807, 2.05) is 6.07 Å². The highest BCUT2D eigenvalue weighted by Gasteiger charge is 2.19. The zero-order valence-corrected chi connectivity index (χ0v) is 11.7. The summed E-state index contributed by atoms with van der Waals surface area (Å²) in [5.74, 6) is 0. The van der Waals surface area contributed by atoms with Gasteiger partial charge < -0.3 is 15.4 Å². The maximum Gasteiger partial charge on any atom is 0.0642 e. The smallest absolute Gasteiger partial charge is 0.0642 e. The van der Waals surface area contributed by atoms with E-state index in [1.54, 1.807) is 0 Å². The first-order chi connectivity index (χ1) is 8.46. The highest BCUT2D eigenvalue weighted by atomic mass is 16.5. The quantitative estimate of drug-likeness (QED) is 0.818. The van der Waals surface area contributed by atoms with Crippen LogP contribution in [0.1, 0.15) is 26.3 Å². The van der Waals surface area contributed by atoms with Crippen LogP contribution < -0.4 is 10.6 Å². The minimum absolute atomic E-state index is 0.273. The molecule has 2 rings (SSSR count). The molecule has 3 nitrogen and oxygen atoms in total. The maximum atomic E-state index is 5.93. The van der Waals surface area contributed by atoms with Crippen LogP contribution in [0, 0.1) is 5.41 Å². The fourth-order valence-corrected chi connectivity index (χ4v) is 2.43. The summed E-state index contributed by atoms with van der Waals surface area (Å²) in [6.45, 7) is 10.4. The summed E-state index contributed by atoms with van der Waals surface area (Å²) >= 11 is 0. The number of nitrogens with two attached hydrogens (primary N) is 1. The fraction of sp³-hybridized carbons (Fsp3) is 0.600. The molecule has 0 unspecified atom stereocenters. The molecule has 0 aromatic heterocycles. The zero-order valence-electron chi connectivity index (χ0n) is 11.7. The molecule has 1 aliphatic heterocycles. The maximum absolute atomic E-state index is 5.93. The molecule has 0 spiro atoms. The Morgan fingerprint density at radius 2 is 1.89 bits per heavy atom. The van der Waals surface area contributed by atoms with Crippen molar-refractivity contribution in [2.75, 3.05) is 36.9 Å². The largest absolute Gasteiger partial charge is 0.399 e. The fourth-order valence-electron chi connectivity index (χ4n) is 2.43. The van der Waals surface area contributed by atoms with Crippen LogP contribution in [-0.4, -0.2) is 26.3 Å². The van der Waals surface area contributed by atoms with Crippen molar-refractivity contribution in [3.8, 4) is 0 Å². The van der Waals surface area contributed by atoms with Gasteiger partial charge in [-0.15, -0.1) is 0 Å². The molecule has 0 saturated carbocycles. The molecule has 0 amide bonds. The van der Waals surface area contributed by atoms with E-state index in [-0.39, 0.29) is 5.41 Å². The first kappa shape index (κ1) is 13.2. The van der Waals surface area contributed by atoms with Crippen LogP contribution >= 0.6 is 0 Å². The summed E-state index contributed by atoms with van der Waals surface area (Å²) in [6.07, 6.45) is 1.05. The molecule has 2 N–H and O–H groups in total. The van der Waals surface area contributed by atoms with Crippen molar-refractivity contribution in [3.05, 3.63) is 23.8 Å². The molecule has 1 saturated heterocycles. The Labute approximate surface area is 110 Å². The van der Waals surface area contributed by atoms with Gasteiger partial charge in [0.05, 0.1) is 13.2 Å². The normalized spacial score (nSPS) is 16.9. The zero-order chi connectivity index (χ0) is 13.2. The van der Waals surface area contributed by atoms with E-state index in [4.69, 9.17) is 10.5 Å². The molecule has 0 atom stereocenters. The van der Waals surface area contributed by atoms with Crippen molar-refractivity contribution in [3.63, 3.8) is 0 Å². The van der Waals surface area contributed by atoms with Gasteiger partial charge in [0, 0.05) is 24.5 Å². The van der Waals surface area contributed by atoms with Gasteiger partial charge in [0.1, 0.15) is 0 Å². The minimum atomic E-state index is 0.273. The Balaban J connectivity index is 2.27. The van der Waals surface area contributed by atoms with Gasteiger partial charge in [0.2, 0.25) is 0 Å². The number of morpholine rings is 1. The van der Waals surface area contributed by atoms with Crippen molar-refractivity contribution >= 4 is 11.4 Å². The Kier molecular flexibility index (Phi) is 3.81. The van der Waals surface area contributed by atoms with Gasteiger partial charge in [-0.3, -0.25) is 0 Å². The third-order valence-corrected chi connectivity index (χ3v) is 3.18. The molecule has 3 heteroatoms. The Bertz CT molecular complexity index is 403. The molecule has 1 heterocycles. The lowest BCUT2D eigenvalue weighted by Crippen LogP contribution is -2.37. The van der Waals surface area contributed by atoms with Gasteiger partial charge in [0.15, 0.2) is 0 Å². The van der Waals surface area contributed by atoms with E-state index in [2.05, 4.69) is 37.8 Å². The molecule has 1 aliphatic rings. The summed E-state index contributed by atoms with van der Waals surface area (Å²) < 4.78 is 5.42. The molecular weight excluding hydrogens is 224 g/mol. The number of nitrogen functional groups attached to an aromatic ring is 1. The predicted molar refractivity (Wildman–Crippen MR) is 77.0 cm³/mol. The number of anilines is 2. The summed E-state index contributed by atoms with van der Waals surface area (Å²) in [5, 5.41) is 0. The average molecular weight is 248 g/mol. The number of benzene rings is 1. The van der Waals surface area contributed by atoms with Gasteiger partial charge in [-0.05, 0) is 35.6 Å². The molecule has 1 aromatic carbocycles. The molecule has 0 radical (unpaired) electrons. The topological polar surface area (TPSA) is 38.5 Å². The first-order valence-corrected chi connectivity index (χ1v) is 6.67. The molecule has 1 fully saturated rings. The Morgan fingerprint density at radius 3 is 2.50 bits per heavy atom. The molecule has 100 valence electrons. The third-order valence-electron chi connectivity index (χ3n) is 3.18. The lowest BCUT2D eigenvalue weighted by molar-refractivity contribution is 0.122. The number of hydrogen-bond acceptors (Lipinski definition) is 3. The molecule has 0 aliphatic carbocycles. The van der Waals surface area contributed by atoms with Crippen LogP contribution in [0.5, 0.6) is 0 Å². The van der Waals surface area contributed by atoms with Gasteiger partial charge in [-0.1, -0.05) is 20.8 Å². The second kappa shape index (κ2) is 5.19. The van der Waals surface area contributed by atoms with Crippen LogP contribution in [0.15, 0.2) is 18.2 Å². The van der Waals surface area contributed by atoms with Gasteiger partial charge in [-0.25, -0.2) is 0 Å². The Morgan fingerprint density at radius 1 is 1.22 bits per heavy atom. The highest BCUT2D eigenvalue weighted by Crippen LogP contribution is 2.30. The summed E-state index contributed by atoms with van der Waals surface area (Å²) in [6, 6.07) is 6.27. The van der Waals surface area contributed by atoms with E-state index in [0.29, 0.717) is 0 Å². The lowest BCUT2D eigenvalue weighted by atomic mass is 9.87. The van der Waals surface area contributed by atoms with E-state index in [1.165, 1.54) is 11.3 Å². The highest BCUT2D eigenvalue weighted by molar-refractivity contribution is 5.60. The van der Waals surface area contributed by atoms with Gasteiger partial charge >= 0.3 is 0 Å². The summed E-state index contributed by atoms with van der Waals surface area (Å²) in [4.78, 5) is 2.41. The average Bonchev–Trinajstić information content (AvgIpc) is 2.28. The molecular formula is C15H24N2O. The van der Waals surface area contributed by atoms with E-state index in [9.17, 15) is 0 Å². The number of rotatable bonds is 2. The number of ether oxygens (including phenoxy) is 1. The van der Waals surface area contributed by atoms with Gasteiger partial charge in [-0.2, -0.15) is 0 Å². The summed E-state index contributed by atoms with van der Waals surface area (Å²) in [5.41, 5.74) is 9.73. The summed E-state index contributed by atoms with van der Waals surface area (Å²) in [7, 11) is 0. The number of nitrogens with zero attached hydrogens (tertiary/aromatic N) is 1. The minimum Gasteiger partial charge on any atom is -0.399 e. The van der Waals surface area contributed by atoms with E-state index < -0.39 is 0 Å². The number of hydrogen-bond donors (Lipinski definition) is 1. The van der Waals surface area contributed by atoms with Crippen LogP contribution in [0.25, 0.3) is 0 Å². The van der Waals surface area contributed by atoms with E-state index >= 15 is 0 Å². The molecule has 0 bridgehead atoms. The SMILES string of the molecule is CC(C)(C)Cc1cc(N)ccc1N1CCOCC1. The second-order valence-electron chi connectivity index (χ2n) is 6.23. The third kappa shape index (κ3) is 3.39. The standard InChI is InChI=1S/C15H24N2O/c1-15(2,3)11-12-10-13(16)4-5-14(12)17-6-8-18-9-7-17/h4-5,10H,6-9,11,16H2,1-3H3. The van der Waals surface area contributed by atoms with Crippen LogP contribution in [0.3, 0.4) is 0 Å². The van der Waals surface area contributed by atoms with Crippen molar-refractivity contribution in [2.24, 2.45) is 5.41 Å². The Hall–Kier alpha value is -1.22. The lowest BCUT2D eigenvalue weighted by Gasteiger charge is -2.32. The molecule has 18 heavy (non-hydrogen) atoms. The first-order valence-electron chi connectivity index (χ1n) is 6.67. The molecule has 1 aromatic rings. The van der Waals surface area contributed by atoms with Crippen LogP contribution in [0.4, 0.5) is 11.4 Å². The predicted octanol–water partition coefficient (Wildman–Crippen LogP) is 2.69. The van der Waals surface area contributed by atoms with Crippen LogP contribution in [-0.2, 0) is 11.2 Å². The second-order valence-corrected chi connectivity index (χ2v) is 6.23. The van der Waals surface area contributed by atoms with Crippen molar-refractivity contribution in [2.45, 2.75) is 27.2 Å². The van der Waals surface area contributed by atoms with Crippen molar-refractivity contribution < 1.29 is 4.74 Å². The monoisotopic (exact) mass is 248 g/mol. The van der Waals surface area contributed by atoms with Crippen molar-refractivity contribution in [1.29, 1.82) is 0 Å². The van der Waals surface area contributed by atoms with Gasteiger partial charge in [0.25, 0.3) is 0 Å². The van der Waals surface area contributed by atoms with Crippen LogP contribution in [0.2, 0.25) is 0 Å². The van der Waals surface area contributed by atoms with Crippen molar-refractivity contribution in [1.82, 2.24) is 0 Å². The van der Waals surface area contributed by atoms with E-state index in [0.717, 1.165) is 38.4 Å².